The van der Waals surface area contributed by atoms with Crippen LogP contribution in [0.4, 0.5) is 0 Å². The molecule has 0 aliphatic carbocycles. The van der Waals surface area contributed by atoms with Gasteiger partial charge >= 0.3 is 0 Å². The maximum Gasteiger partial charge on any atom is 0.270 e. The van der Waals surface area contributed by atoms with Crippen molar-refractivity contribution >= 4 is 10.1 Å². The van der Waals surface area contributed by atoms with Crippen LogP contribution in [0.15, 0.2) is 24.3 Å². The largest absolute Gasteiger partial charge is 0.270 e. The minimum Gasteiger partial charge on any atom is -0.270 e. The van der Waals surface area contributed by atoms with Crippen LogP contribution in [0, 0.1) is 0 Å². The van der Waals surface area contributed by atoms with Crippen molar-refractivity contribution in [3.05, 3.63) is 24.3 Å². The molecule has 1 atom stereocenters. The van der Waals surface area contributed by atoms with E-state index >= 15 is 0 Å². The van der Waals surface area contributed by atoms with Crippen molar-refractivity contribution in [1.29, 1.82) is 0 Å². The Morgan fingerprint density at radius 2 is 1.36 bits per heavy atom. The van der Waals surface area contributed by atoms with Crippen molar-refractivity contribution in [2.45, 2.75) is 103 Å². The molecule has 1 unspecified atom stereocenters. The summed E-state index contributed by atoms with van der Waals surface area (Å²) in [6, 6.07) is 0. The first-order chi connectivity index (χ1) is 12.1. The molecule has 0 spiro atoms. The second kappa shape index (κ2) is 16.8. The van der Waals surface area contributed by atoms with E-state index in [-0.39, 0.29) is 11.9 Å². The minimum atomic E-state index is -3.42. The number of hydrogen-bond donors (Lipinski definition) is 0. The molecule has 0 amide bonds. The van der Waals surface area contributed by atoms with Crippen LogP contribution >= 0.6 is 0 Å². The number of rotatable bonds is 17. The van der Waals surface area contributed by atoms with E-state index in [0.29, 0.717) is 12.8 Å². The Hall–Kier alpha value is -0.610. The molecule has 0 fully saturated rings. The van der Waals surface area contributed by atoms with E-state index in [1.165, 1.54) is 32.1 Å². The molecule has 0 heterocycles. The number of hydrogen-bond acceptors (Lipinski definition) is 3. The molecule has 0 saturated carbocycles. The maximum absolute atomic E-state index is 12.2. The van der Waals surface area contributed by atoms with Crippen LogP contribution in [0.1, 0.15) is 97.8 Å². The standard InChI is InChI=1S/C21H40O3S/c1-4-7-9-11-12-13-14-15-16-18-20-21(19-17-10-8-5-2)25(22,23)24-6-3/h5,8,14-15,21H,4,6-7,9-13,16-20H2,1-3H3/b8-5+,15-14+. The van der Waals surface area contributed by atoms with Crippen LogP contribution in [-0.2, 0) is 14.3 Å². The van der Waals surface area contributed by atoms with Crippen molar-refractivity contribution in [1.82, 2.24) is 0 Å². The highest BCUT2D eigenvalue weighted by Gasteiger charge is 2.24. The predicted molar refractivity (Wildman–Crippen MR) is 109 cm³/mol. The second-order valence-corrected chi connectivity index (χ2v) is 8.51. The third kappa shape index (κ3) is 14.3. The summed E-state index contributed by atoms with van der Waals surface area (Å²) in [7, 11) is -3.42. The Balaban J connectivity index is 4.08. The average molecular weight is 373 g/mol. The van der Waals surface area contributed by atoms with Gasteiger partial charge in [-0.3, -0.25) is 4.18 Å². The smallest absolute Gasteiger partial charge is 0.270 e. The molecule has 0 aromatic carbocycles. The van der Waals surface area contributed by atoms with E-state index in [4.69, 9.17) is 4.18 Å². The molecular weight excluding hydrogens is 332 g/mol. The minimum absolute atomic E-state index is 0.228. The zero-order chi connectivity index (χ0) is 18.8. The summed E-state index contributed by atoms with van der Waals surface area (Å²) < 4.78 is 29.5. The highest BCUT2D eigenvalue weighted by Crippen LogP contribution is 2.19. The van der Waals surface area contributed by atoms with Gasteiger partial charge in [0.2, 0.25) is 0 Å². The predicted octanol–water partition coefficient (Wildman–Crippen LogP) is 6.55. The normalized spacial score (nSPS) is 13.9. The first kappa shape index (κ1) is 24.4. The van der Waals surface area contributed by atoms with Crippen LogP contribution in [0.25, 0.3) is 0 Å². The highest BCUT2D eigenvalue weighted by molar-refractivity contribution is 7.87. The van der Waals surface area contributed by atoms with Gasteiger partial charge < -0.3 is 0 Å². The Kier molecular flexibility index (Phi) is 16.4. The van der Waals surface area contributed by atoms with Gasteiger partial charge in [0.25, 0.3) is 10.1 Å². The molecule has 4 heteroatoms. The van der Waals surface area contributed by atoms with Crippen molar-refractivity contribution in [3.63, 3.8) is 0 Å². The molecule has 25 heavy (non-hydrogen) atoms. The fourth-order valence-electron chi connectivity index (χ4n) is 2.89. The Bertz CT molecular complexity index is 438. The third-order valence-electron chi connectivity index (χ3n) is 4.36. The molecule has 0 aromatic heterocycles. The van der Waals surface area contributed by atoms with Gasteiger partial charge in [0.05, 0.1) is 11.9 Å². The molecule has 0 bridgehead atoms. The first-order valence-corrected chi connectivity index (χ1v) is 11.7. The third-order valence-corrected chi connectivity index (χ3v) is 6.21. The van der Waals surface area contributed by atoms with Gasteiger partial charge in [-0.2, -0.15) is 8.42 Å². The monoisotopic (exact) mass is 372 g/mol. The van der Waals surface area contributed by atoms with Crippen LogP contribution in [0.2, 0.25) is 0 Å². The van der Waals surface area contributed by atoms with Gasteiger partial charge in [-0.05, 0) is 65.2 Å². The van der Waals surface area contributed by atoms with E-state index in [1.54, 1.807) is 6.92 Å². The van der Waals surface area contributed by atoms with Gasteiger partial charge in [-0.15, -0.1) is 0 Å². The van der Waals surface area contributed by atoms with Crippen LogP contribution in [0.5, 0.6) is 0 Å². The molecule has 0 rings (SSSR count). The van der Waals surface area contributed by atoms with E-state index in [9.17, 15) is 8.42 Å². The van der Waals surface area contributed by atoms with Gasteiger partial charge in [-0.1, -0.05) is 56.9 Å². The summed E-state index contributed by atoms with van der Waals surface area (Å²) >= 11 is 0. The van der Waals surface area contributed by atoms with Gasteiger partial charge in [0.1, 0.15) is 0 Å². The van der Waals surface area contributed by atoms with Gasteiger partial charge in [0, 0.05) is 0 Å². The molecular formula is C21H40O3S. The van der Waals surface area contributed by atoms with Crippen LogP contribution in [-0.4, -0.2) is 20.3 Å². The van der Waals surface area contributed by atoms with Gasteiger partial charge in [0.15, 0.2) is 0 Å². The summed E-state index contributed by atoms with van der Waals surface area (Å²) in [4.78, 5) is 0. The lowest BCUT2D eigenvalue weighted by atomic mass is 10.1. The lowest BCUT2D eigenvalue weighted by molar-refractivity contribution is 0.326. The van der Waals surface area contributed by atoms with E-state index < -0.39 is 10.1 Å². The zero-order valence-electron chi connectivity index (χ0n) is 16.7. The van der Waals surface area contributed by atoms with Crippen LogP contribution < -0.4 is 0 Å². The molecule has 0 aliphatic heterocycles. The molecule has 0 aliphatic rings. The average Bonchev–Trinajstić information content (AvgIpc) is 2.58. The quantitative estimate of drug-likeness (QED) is 0.165. The fraction of sp³-hybridized carbons (Fsp3) is 0.810. The zero-order valence-corrected chi connectivity index (χ0v) is 17.5. The van der Waals surface area contributed by atoms with E-state index in [2.05, 4.69) is 25.2 Å². The molecule has 0 radical (unpaired) electrons. The number of unbranched alkanes of at least 4 members (excludes halogenated alkanes) is 7. The molecule has 148 valence electrons. The van der Waals surface area contributed by atoms with Crippen molar-refractivity contribution in [3.8, 4) is 0 Å². The molecule has 0 saturated heterocycles. The van der Waals surface area contributed by atoms with Crippen molar-refractivity contribution in [2.75, 3.05) is 6.61 Å². The van der Waals surface area contributed by atoms with Gasteiger partial charge in [-0.25, -0.2) is 0 Å². The van der Waals surface area contributed by atoms with Crippen molar-refractivity contribution < 1.29 is 12.6 Å². The first-order valence-electron chi connectivity index (χ1n) is 10.2. The molecule has 0 N–H and O–H groups in total. The summed E-state index contributed by atoms with van der Waals surface area (Å²) in [5.74, 6) is 0. The lowest BCUT2D eigenvalue weighted by Crippen LogP contribution is -2.23. The van der Waals surface area contributed by atoms with E-state index in [0.717, 1.165) is 32.1 Å². The molecule has 0 aromatic rings. The fourth-order valence-corrected chi connectivity index (χ4v) is 4.32. The van der Waals surface area contributed by atoms with Crippen molar-refractivity contribution in [2.24, 2.45) is 0 Å². The Morgan fingerprint density at radius 1 is 0.800 bits per heavy atom. The maximum atomic E-state index is 12.2. The SMILES string of the molecule is C/C=C/CCCC(CCC/C=C/CCCCCCC)S(=O)(=O)OCC. The summed E-state index contributed by atoms with van der Waals surface area (Å²) in [6.45, 7) is 6.19. The van der Waals surface area contributed by atoms with Crippen LogP contribution in [0.3, 0.4) is 0 Å². The van der Waals surface area contributed by atoms with E-state index in [1.807, 2.05) is 13.0 Å². The second-order valence-electron chi connectivity index (χ2n) is 6.63. The highest BCUT2D eigenvalue weighted by atomic mass is 32.2. The number of allylic oxidation sites excluding steroid dienone is 4. The summed E-state index contributed by atoms with van der Waals surface area (Å²) in [6.07, 6.45) is 21.4. The lowest BCUT2D eigenvalue weighted by Gasteiger charge is -2.16. The Morgan fingerprint density at radius 3 is 1.92 bits per heavy atom. The summed E-state index contributed by atoms with van der Waals surface area (Å²) in [5.41, 5.74) is 0. The molecule has 3 nitrogen and oxygen atoms in total. The Labute approximate surface area is 157 Å². The topological polar surface area (TPSA) is 43.4 Å². The summed E-state index contributed by atoms with van der Waals surface area (Å²) in [5, 5.41) is -0.361.